The third-order valence-corrected chi connectivity index (χ3v) is 4.79. The molecule has 1 saturated heterocycles. The van der Waals surface area contributed by atoms with Crippen LogP contribution in [0.5, 0.6) is 0 Å². The maximum Gasteiger partial charge on any atom is 0.251 e. The summed E-state index contributed by atoms with van der Waals surface area (Å²) in [4.78, 5) is 13.6. The first-order valence-corrected chi connectivity index (χ1v) is 8.24. The molecule has 4 heteroatoms. The molecule has 1 aliphatic heterocycles. The number of carbonyl (C=O) groups excluding carboxylic acids is 1. The molecule has 1 aromatic carbocycles. The molecule has 1 aliphatic carbocycles. The van der Waals surface area contributed by atoms with Gasteiger partial charge < -0.3 is 15.0 Å². The van der Waals surface area contributed by atoms with Crippen molar-refractivity contribution >= 4 is 5.91 Å². The van der Waals surface area contributed by atoms with Crippen LogP contribution in [0.3, 0.4) is 0 Å². The van der Waals surface area contributed by atoms with E-state index < -0.39 is 0 Å². The number of hydrogen-bond acceptors (Lipinski definition) is 3. The smallest absolute Gasteiger partial charge is 0.251 e. The summed E-state index contributed by atoms with van der Waals surface area (Å²) in [6, 6.07) is 7.18. The van der Waals surface area contributed by atoms with Crippen molar-refractivity contribution in [2.45, 2.75) is 50.9 Å². The number of hydrogen-bond donors (Lipinski definition) is 1. The molecule has 1 fully saturated rings. The summed E-state index contributed by atoms with van der Waals surface area (Å²) in [5.74, 6) is 0.0873. The second kappa shape index (κ2) is 6.39. The van der Waals surface area contributed by atoms with Crippen molar-refractivity contribution in [1.29, 1.82) is 0 Å². The van der Waals surface area contributed by atoms with E-state index in [4.69, 9.17) is 4.74 Å². The van der Waals surface area contributed by atoms with Crippen molar-refractivity contribution in [3.63, 3.8) is 0 Å². The van der Waals surface area contributed by atoms with Gasteiger partial charge in [0.2, 0.25) is 0 Å². The van der Waals surface area contributed by atoms with Gasteiger partial charge in [0.05, 0.1) is 6.10 Å². The van der Waals surface area contributed by atoms with Crippen molar-refractivity contribution in [3.05, 3.63) is 34.9 Å². The Hall–Kier alpha value is -1.39. The number of benzene rings is 1. The third kappa shape index (κ3) is 3.18. The third-order valence-electron chi connectivity index (χ3n) is 4.79. The minimum Gasteiger partial charge on any atom is -0.364 e. The number of nitrogens with one attached hydrogen (secondary N) is 1. The lowest BCUT2D eigenvalue weighted by molar-refractivity contribution is -0.140. The highest BCUT2D eigenvalue weighted by atomic mass is 16.5. The standard InChI is InChI=1S/C18H26N2O2/c1-12-4-5-13-6-8-16(15(13)10-12)19-11-14-7-9-17(22-14)18(21)20(2)3/h4-5,10,14,16-17,19H,6-9,11H2,1-3H3/t14-,16+,17-/m0/s1. The van der Waals surface area contributed by atoms with Gasteiger partial charge in [-0.3, -0.25) is 4.79 Å². The molecule has 0 radical (unpaired) electrons. The molecule has 22 heavy (non-hydrogen) atoms. The Kier molecular flexibility index (Phi) is 4.50. The van der Waals surface area contributed by atoms with Gasteiger partial charge in [-0.2, -0.15) is 0 Å². The van der Waals surface area contributed by atoms with Crippen LogP contribution in [0.15, 0.2) is 18.2 Å². The number of ether oxygens (including phenoxy) is 1. The fraction of sp³-hybridized carbons (Fsp3) is 0.611. The number of amides is 1. The number of aryl methyl sites for hydroxylation is 2. The first-order valence-electron chi connectivity index (χ1n) is 8.24. The zero-order valence-electron chi connectivity index (χ0n) is 13.8. The van der Waals surface area contributed by atoms with E-state index in [0.29, 0.717) is 6.04 Å². The van der Waals surface area contributed by atoms with Crippen LogP contribution in [0.2, 0.25) is 0 Å². The first kappa shape index (κ1) is 15.5. The molecule has 0 saturated carbocycles. The van der Waals surface area contributed by atoms with Crippen LogP contribution in [0.25, 0.3) is 0 Å². The summed E-state index contributed by atoms with van der Waals surface area (Å²) in [5.41, 5.74) is 4.23. The van der Waals surface area contributed by atoms with Gasteiger partial charge in [-0.25, -0.2) is 0 Å². The Morgan fingerprint density at radius 3 is 2.91 bits per heavy atom. The monoisotopic (exact) mass is 302 g/mol. The molecule has 0 aromatic heterocycles. The predicted octanol–water partition coefficient (Wildman–Crippen LogP) is 2.21. The lowest BCUT2D eigenvalue weighted by atomic mass is 10.0. The molecule has 120 valence electrons. The minimum absolute atomic E-state index is 0.0873. The first-order chi connectivity index (χ1) is 10.5. The molecule has 1 heterocycles. The van der Waals surface area contributed by atoms with Gasteiger partial charge in [0, 0.05) is 26.7 Å². The van der Waals surface area contributed by atoms with Gasteiger partial charge >= 0.3 is 0 Å². The maximum atomic E-state index is 11.9. The van der Waals surface area contributed by atoms with E-state index in [1.807, 2.05) is 0 Å². The maximum absolute atomic E-state index is 11.9. The Balaban J connectivity index is 1.53. The van der Waals surface area contributed by atoms with E-state index in [1.54, 1.807) is 19.0 Å². The highest BCUT2D eigenvalue weighted by molar-refractivity contribution is 5.80. The van der Waals surface area contributed by atoms with E-state index in [2.05, 4.69) is 30.4 Å². The molecule has 0 spiro atoms. The number of nitrogens with zero attached hydrogens (tertiary/aromatic N) is 1. The van der Waals surface area contributed by atoms with Gasteiger partial charge in [0.1, 0.15) is 6.10 Å². The Morgan fingerprint density at radius 2 is 2.14 bits per heavy atom. The molecule has 4 nitrogen and oxygen atoms in total. The van der Waals surface area contributed by atoms with E-state index in [9.17, 15) is 4.79 Å². The van der Waals surface area contributed by atoms with Crippen molar-refractivity contribution < 1.29 is 9.53 Å². The molecule has 3 rings (SSSR count). The van der Waals surface area contributed by atoms with E-state index in [0.717, 1.165) is 32.2 Å². The summed E-state index contributed by atoms with van der Waals surface area (Å²) >= 11 is 0. The van der Waals surface area contributed by atoms with Crippen LogP contribution < -0.4 is 5.32 Å². The molecule has 1 aromatic rings. The van der Waals surface area contributed by atoms with Crippen LogP contribution >= 0.6 is 0 Å². The van der Waals surface area contributed by atoms with E-state index >= 15 is 0 Å². The number of rotatable bonds is 4. The highest BCUT2D eigenvalue weighted by Crippen LogP contribution is 2.32. The lowest BCUT2D eigenvalue weighted by Crippen LogP contribution is -2.35. The summed E-state index contributed by atoms with van der Waals surface area (Å²) in [6.07, 6.45) is 4.02. The fourth-order valence-corrected chi connectivity index (χ4v) is 3.53. The topological polar surface area (TPSA) is 41.6 Å². The molecule has 1 N–H and O–H groups in total. The van der Waals surface area contributed by atoms with Crippen LogP contribution in [0, 0.1) is 6.92 Å². The molecular weight excluding hydrogens is 276 g/mol. The predicted molar refractivity (Wildman–Crippen MR) is 86.8 cm³/mol. The molecular formula is C18H26N2O2. The lowest BCUT2D eigenvalue weighted by Gasteiger charge is -2.20. The Labute approximate surface area is 132 Å². The van der Waals surface area contributed by atoms with Crippen molar-refractivity contribution in [2.75, 3.05) is 20.6 Å². The van der Waals surface area contributed by atoms with Crippen molar-refractivity contribution in [2.24, 2.45) is 0 Å². The molecule has 0 unspecified atom stereocenters. The van der Waals surface area contributed by atoms with E-state index in [1.165, 1.54) is 16.7 Å². The highest BCUT2D eigenvalue weighted by Gasteiger charge is 2.32. The summed E-state index contributed by atoms with van der Waals surface area (Å²) in [7, 11) is 3.57. The fourth-order valence-electron chi connectivity index (χ4n) is 3.53. The number of fused-ring (bicyclic) bond motifs is 1. The summed E-state index contributed by atoms with van der Waals surface area (Å²) in [6.45, 7) is 2.97. The largest absolute Gasteiger partial charge is 0.364 e. The van der Waals surface area contributed by atoms with Gasteiger partial charge in [-0.1, -0.05) is 23.8 Å². The van der Waals surface area contributed by atoms with Gasteiger partial charge in [0.15, 0.2) is 0 Å². The second-order valence-corrected chi connectivity index (χ2v) is 6.76. The number of carbonyl (C=O) groups is 1. The van der Waals surface area contributed by atoms with Crippen molar-refractivity contribution in [3.8, 4) is 0 Å². The summed E-state index contributed by atoms with van der Waals surface area (Å²) in [5, 5.41) is 3.65. The average Bonchev–Trinajstić information content (AvgIpc) is 3.10. The zero-order valence-corrected chi connectivity index (χ0v) is 13.8. The molecule has 1 amide bonds. The summed E-state index contributed by atoms with van der Waals surface area (Å²) < 4.78 is 5.90. The van der Waals surface area contributed by atoms with Crippen LogP contribution in [0.4, 0.5) is 0 Å². The minimum atomic E-state index is -0.250. The average molecular weight is 302 g/mol. The zero-order chi connectivity index (χ0) is 15.7. The van der Waals surface area contributed by atoms with Gasteiger partial charge in [0.25, 0.3) is 5.91 Å². The molecule has 2 aliphatic rings. The normalized spacial score (nSPS) is 27.0. The van der Waals surface area contributed by atoms with Crippen LogP contribution in [-0.2, 0) is 16.0 Å². The van der Waals surface area contributed by atoms with Gasteiger partial charge in [-0.15, -0.1) is 0 Å². The number of likely N-dealkylation sites (N-methyl/N-ethyl adjacent to an activating group) is 1. The Morgan fingerprint density at radius 1 is 1.32 bits per heavy atom. The van der Waals surface area contributed by atoms with Gasteiger partial charge in [-0.05, 0) is 43.7 Å². The SMILES string of the molecule is Cc1ccc2c(c1)[C@H](NC[C@@H]1CC[C@@H](C(=O)N(C)C)O1)CC2. The van der Waals surface area contributed by atoms with Crippen molar-refractivity contribution in [1.82, 2.24) is 10.2 Å². The molecule has 0 bridgehead atoms. The molecule has 3 atom stereocenters. The van der Waals surface area contributed by atoms with Crippen LogP contribution in [-0.4, -0.2) is 43.7 Å². The van der Waals surface area contributed by atoms with E-state index in [-0.39, 0.29) is 18.1 Å². The Bertz CT molecular complexity index is 556. The second-order valence-electron chi connectivity index (χ2n) is 6.76. The quantitative estimate of drug-likeness (QED) is 0.927. The van der Waals surface area contributed by atoms with Crippen LogP contribution in [0.1, 0.15) is 42.0 Å².